The number of amides is 1. The molecule has 10 heteroatoms. The van der Waals surface area contributed by atoms with E-state index in [4.69, 9.17) is 4.74 Å². The third-order valence-electron chi connectivity index (χ3n) is 5.33. The number of rotatable bonds is 4. The minimum atomic E-state index is -3.68. The Balaban J connectivity index is 1.52. The number of nitrogens with one attached hydrogen (secondary N) is 1. The highest BCUT2D eigenvalue weighted by molar-refractivity contribution is 5.85. The quantitative estimate of drug-likeness (QED) is 0.704. The van der Waals surface area contributed by atoms with Crippen LogP contribution in [-0.2, 0) is 11.8 Å². The maximum atomic E-state index is 13.3. The number of benzene rings is 1. The van der Waals surface area contributed by atoms with Crippen molar-refractivity contribution in [1.82, 2.24) is 19.9 Å². The number of aryl methyl sites for hydroxylation is 1. The molecule has 0 radical (unpaired) electrons. The average molecular weight is 416 g/mol. The second kappa shape index (κ2) is 6.54. The van der Waals surface area contributed by atoms with Gasteiger partial charge in [-0.15, -0.1) is 8.78 Å². The van der Waals surface area contributed by atoms with Gasteiger partial charge in [-0.1, -0.05) is 0 Å². The summed E-state index contributed by atoms with van der Waals surface area (Å²) >= 11 is 0. The number of imidazole rings is 1. The molecule has 5 rings (SSSR count). The van der Waals surface area contributed by atoms with Crippen molar-refractivity contribution in [2.24, 2.45) is 13.0 Å². The molecule has 2 aromatic heterocycles. The van der Waals surface area contributed by atoms with Crippen LogP contribution in [0.1, 0.15) is 13.3 Å². The molecule has 30 heavy (non-hydrogen) atoms. The zero-order chi connectivity index (χ0) is 21.0. The molecule has 0 spiro atoms. The fourth-order valence-electron chi connectivity index (χ4n) is 3.71. The van der Waals surface area contributed by atoms with Gasteiger partial charge in [-0.3, -0.25) is 4.79 Å². The van der Waals surface area contributed by atoms with Crippen molar-refractivity contribution in [3.05, 3.63) is 30.6 Å². The zero-order valence-corrected chi connectivity index (χ0v) is 16.2. The predicted octanol–water partition coefficient (Wildman–Crippen LogP) is 2.86. The minimum Gasteiger partial charge on any atom is -0.473 e. The molecule has 0 saturated carbocycles. The smallest absolute Gasteiger partial charge is 0.473 e. The van der Waals surface area contributed by atoms with E-state index in [2.05, 4.69) is 24.8 Å². The van der Waals surface area contributed by atoms with Crippen LogP contribution < -0.4 is 19.5 Å². The molecule has 3 aromatic rings. The summed E-state index contributed by atoms with van der Waals surface area (Å²) in [6.45, 7) is 2.44. The fourth-order valence-corrected chi connectivity index (χ4v) is 3.71. The van der Waals surface area contributed by atoms with Gasteiger partial charge in [0, 0.05) is 31.5 Å². The van der Waals surface area contributed by atoms with Crippen molar-refractivity contribution < 1.29 is 27.8 Å². The number of halogens is 2. The molecular formula is C20H18F2N4O4. The van der Waals surface area contributed by atoms with Crippen LogP contribution in [-0.4, -0.2) is 39.4 Å². The van der Waals surface area contributed by atoms with E-state index in [9.17, 15) is 13.6 Å². The largest absolute Gasteiger partial charge is 0.586 e. The van der Waals surface area contributed by atoms with E-state index in [0.717, 1.165) is 0 Å². The molecule has 1 saturated heterocycles. The topological polar surface area (TPSA) is 87.5 Å². The summed E-state index contributed by atoms with van der Waals surface area (Å²) in [7, 11) is 1.83. The molecule has 0 bridgehead atoms. The summed E-state index contributed by atoms with van der Waals surface area (Å²) in [4.78, 5) is 20.5. The summed E-state index contributed by atoms with van der Waals surface area (Å²) in [6, 6.07) is 6.23. The van der Waals surface area contributed by atoms with Gasteiger partial charge in [0.25, 0.3) is 0 Å². The number of carbonyl (C=O) groups is 1. The lowest BCUT2D eigenvalue weighted by atomic mass is 10.0. The van der Waals surface area contributed by atoms with Crippen molar-refractivity contribution in [3.63, 3.8) is 0 Å². The lowest BCUT2D eigenvalue weighted by Crippen LogP contribution is -2.26. The summed E-state index contributed by atoms with van der Waals surface area (Å²) in [5, 5.41) is 2.80. The molecule has 2 unspecified atom stereocenters. The normalized spacial score (nSPS) is 20.4. The molecule has 1 N–H and O–H groups in total. The second-order valence-corrected chi connectivity index (χ2v) is 7.46. The van der Waals surface area contributed by atoms with Crippen LogP contribution in [0, 0.1) is 5.92 Å². The number of nitrogens with zero attached hydrogens (tertiary/aromatic N) is 3. The highest BCUT2D eigenvalue weighted by atomic mass is 19.3. The van der Waals surface area contributed by atoms with Crippen LogP contribution >= 0.6 is 0 Å². The molecule has 156 valence electrons. The van der Waals surface area contributed by atoms with Gasteiger partial charge in [-0.05, 0) is 31.2 Å². The molecule has 0 aliphatic carbocycles. The first kappa shape index (κ1) is 18.6. The van der Waals surface area contributed by atoms with Crippen molar-refractivity contribution in [2.75, 3.05) is 6.54 Å². The Labute approximate surface area is 169 Å². The molecule has 2 aliphatic heterocycles. The van der Waals surface area contributed by atoms with Crippen LogP contribution in [0.2, 0.25) is 0 Å². The Morgan fingerprint density at radius 3 is 2.87 bits per heavy atom. The maximum Gasteiger partial charge on any atom is 0.586 e. The van der Waals surface area contributed by atoms with Crippen molar-refractivity contribution in [1.29, 1.82) is 0 Å². The molecule has 1 amide bonds. The van der Waals surface area contributed by atoms with E-state index in [-0.39, 0.29) is 29.4 Å². The molecule has 2 aliphatic rings. The molecule has 1 fully saturated rings. The van der Waals surface area contributed by atoms with Gasteiger partial charge < -0.3 is 24.1 Å². The number of carbonyl (C=O) groups excluding carboxylic acids is 1. The standard InChI is InChI=1S/C20H18F2N4O4/c1-10(12-6-17(27)23-8-12)28-19-18-14(24-9-26(18)2)7-13(25-19)11-3-4-15-16(5-11)30-20(21,22)29-15/h3-5,7,9-10,12H,6,8H2,1-2H3,(H,23,27). The van der Waals surface area contributed by atoms with E-state index in [1.54, 1.807) is 23.0 Å². The lowest BCUT2D eigenvalue weighted by Gasteiger charge is -2.20. The molecule has 2 atom stereocenters. The average Bonchev–Trinajstić information content (AvgIpc) is 3.36. The Morgan fingerprint density at radius 2 is 2.10 bits per heavy atom. The van der Waals surface area contributed by atoms with Gasteiger partial charge in [0.15, 0.2) is 11.5 Å². The van der Waals surface area contributed by atoms with E-state index in [1.165, 1.54) is 12.1 Å². The Hall–Kier alpha value is -3.43. The third kappa shape index (κ3) is 3.17. The highest BCUT2D eigenvalue weighted by Crippen LogP contribution is 2.43. The summed E-state index contributed by atoms with van der Waals surface area (Å²) in [5.41, 5.74) is 2.40. The zero-order valence-electron chi connectivity index (χ0n) is 16.2. The van der Waals surface area contributed by atoms with Crippen LogP contribution in [0.4, 0.5) is 8.78 Å². The van der Waals surface area contributed by atoms with E-state index in [1.807, 2.05) is 14.0 Å². The summed E-state index contributed by atoms with van der Waals surface area (Å²) in [6.07, 6.45) is -1.91. The van der Waals surface area contributed by atoms with Gasteiger partial charge in [-0.2, -0.15) is 0 Å². The number of alkyl halides is 2. The summed E-state index contributed by atoms with van der Waals surface area (Å²) in [5.74, 6) is 0.286. The first-order valence-corrected chi connectivity index (χ1v) is 9.45. The monoisotopic (exact) mass is 416 g/mol. The number of hydrogen-bond acceptors (Lipinski definition) is 6. The van der Waals surface area contributed by atoms with Crippen LogP contribution in [0.15, 0.2) is 30.6 Å². The maximum absolute atomic E-state index is 13.3. The van der Waals surface area contributed by atoms with Crippen molar-refractivity contribution in [2.45, 2.75) is 25.7 Å². The highest BCUT2D eigenvalue weighted by Gasteiger charge is 2.43. The number of hydrogen-bond donors (Lipinski definition) is 1. The SMILES string of the molecule is CC(Oc1nc(-c2ccc3c(c2)OC(F)(F)O3)cc2ncn(C)c12)C1CNC(=O)C1. The third-order valence-corrected chi connectivity index (χ3v) is 5.33. The Bertz CT molecular complexity index is 1160. The first-order valence-electron chi connectivity index (χ1n) is 9.45. The van der Waals surface area contributed by atoms with Gasteiger partial charge in [0.05, 0.1) is 17.5 Å². The van der Waals surface area contributed by atoms with Gasteiger partial charge in [0.1, 0.15) is 11.6 Å². The van der Waals surface area contributed by atoms with Gasteiger partial charge in [0.2, 0.25) is 11.8 Å². The lowest BCUT2D eigenvalue weighted by molar-refractivity contribution is -0.286. The van der Waals surface area contributed by atoms with Gasteiger partial charge in [-0.25, -0.2) is 9.97 Å². The van der Waals surface area contributed by atoms with E-state index < -0.39 is 6.29 Å². The molecular weight excluding hydrogens is 398 g/mol. The van der Waals surface area contributed by atoms with E-state index >= 15 is 0 Å². The predicted molar refractivity (Wildman–Crippen MR) is 101 cm³/mol. The van der Waals surface area contributed by atoms with Crippen LogP contribution in [0.3, 0.4) is 0 Å². The number of ether oxygens (including phenoxy) is 3. The first-order chi connectivity index (χ1) is 14.3. The van der Waals surface area contributed by atoms with Crippen molar-refractivity contribution >= 4 is 16.9 Å². The number of aromatic nitrogens is 3. The van der Waals surface area contributed by atoms with E-state index in [0.29, 0.717) is 41.1 Å². The Morgan fingerprint density at radius 1 is 1.30 bits per heavy atom. The molecule has 8 nitrogen and oxygen atoms in total. The number of fused-ring (bicyclic) bond motifs is 2. The van der Waals surface area contributed by atoms with Gasteiger partial charge >= 0.3 is 6.29 Å². The Kier molecular flexibility index (Phi) is 4.05. The second-order valence-electron chi connectivity index (χ2n) is 7.46. The van der Waals surface area contributed by atoms with Crippen LogP contribution in [0.25, 0.3) is 22.3 Å². The fraction of sp³-hybridized carbons (Fsp3) is 0.350. The summed E-state index contributed by atoms with van der Waals surface area (Å²) < 4.78 is 43.6. The molecule has 4 heterocycles. The van der Waals surface area contributed by atoms with Crippen molar-refractivity contribution in [3.8, 4) is 28.6 Å². The molecule has 1 aromatic carbocycles. The minimum absolute atomic E-state index is 0.00000162. The number of pyridine rings is 1. The van der Waals surface area contributed by atoms with Crippen LogP contribution in [0.5, 0.6) is 17.4 Å².